The highest BCUT2D eigenvalue weighted by atomic mass is 79.9. The first kappa shape index (κ1) is 15.9. The first-order chi connectivity index (χ1) is 9.91. The van der Waals surface area contributed by atoms with Crippen LogP contribution in [-0.4, -0.2) is 33.6 Å². The Balaban J connectivity index is 2.21. The Bertz CT molecular complexity index is 562. The quantitative estimate of drug-likeness (QED) is 0.472. The molecule has 1 aliphatic rings. The molecule has 2 atom stereocenters. The zero-order chi connectivity index (χ0) is 15.6. The summed E-state index contributed by atoms with van der Waals surface area (Å²) < 4.78 is 0. The average molecular weight is 355 g/mol. The molecule has 1 fully saturated rings. The van der Waals surface area contributed by atoms with Crippen LogP contribution in [-0.2, 0) is 0 Å². The molecule has 2 unspecified atom stereocenters. The topological polar surface area (TPSA) is 63.5 Å². The van der Waals surface area contributed by atoms with Gasteiger partial charge in [-0.1, -0.05) is 28.8 Å². The van der Waals surface area contributed by atoms with Gasteiger partial charge in [0.25, 0.3) is 11.6 Å². The number of benzene rings is 1. The smallest absolute Gasteiger partial charge is 0.269 e. The molecule has 0 bridgehead atoms. The second-order valence-electron chi connectivity index (χ2n) is 5.54. The standard InChI is InChI=1S/C15H19BrN2O3/c1-10-9-11(18(20)21)7-8-12(10)15(19)17(2)14-6-4-3-5-13(14)16/h7-9,13-14H,3-6H2,1-2H3. The molecule has 1 saturated carbocycles. The van der Waals surface area contributed by atoms with Crippen LogP contribution in [0.25, 0.3) is 0 Å². The lowest BCUT2D eigenvalue weighted by atomic mass is 9.93. The lowest BCUT2D eigenvalue weighted by molar-refractivity contribution is -0.384. The van der Waals surface area contributed by atoms with Gasteiger partial charge in [-0.05, 0) is 31.4 Å². The number of alkyl halides is 1. The Hall–Kier alpha value is -1.43. The Kier molecular flexibility index (Phi) is 4.98. The molecule has 114 valence electrons. The molecule has 0 radical (unpaired) electrons. The van der Waals surface area contributed by atoms with E-state index < -0.39 is 4.92 Å². The van der Waals surface area contributed by atoms with Crippen molar-refractivity contribution in [3.05, 3.63) is 39.4 Å². The highest BCUT2D eigenvalue weighted by Crippen LogP contribution is 2.29. The Labute approximate surface area is 132 Å². The first-order valence-electron chi connectivity index (χ1n) is 7.08. The van der Waals surface area contributed by atoms with E-state index >= 15 is 0 Å². The second kappa shape index (κ2) is 6.56. The Morgan fingerprint density at radius 1 is 1.38 bits per heavy atom. The van der Waals surface area contributed by atoms with Gasteiger partial charge < -0.3 is 4.90 Å². The SMILES string of the molecule is Cc1cc([N+](=O)[O-])ccc1C(=O)N(C)C1CCCCC1Br. The highest BCUT2D eigenvalue weighted by Gasteiger charge is 2.30. The largest absolute Gasteiger partial charge is 0.338 e. The fourth-order valence-electron chi connectivity index (χ4n) is 2.84. The van der Waals surface area contributed by atoms with Crippen LogP contribution in [0.2, 0.25) is 0 Å². The molecule has 21 heavy (non-hydrogen) atoms. The van der Waals surface area contributed by atoms with Gasteiger partial charge in [-0.3, -0.25) is 14.9 Å². The number of carbonyl (C=O) groups is 1. The Morgan fingerprint density at radius 2 is 2.05 bits per heavy atom. The molecule has 1 aromatic carbocycles. The van der Waals surface area contributed by atoms with E-state index in [4.69, 9.17) is 0 Å². The summed E-state index contributed by atoms with van der Waals surface area (Å²) in [7, 11) is 1.81. The van der Waals surface area contributed by atoms with E-state index in [1.54, 1.807) is 17.9 Å². The number of nitrogens with zero attached hydrogens (tertiary/aromatic N) is 2. The van der Waals surface area contributed by atoms with Gasteiger partial charge in [0.2, 0.25) is 0 Å². The molecule has 0 aliphatic heterocycles. The highest BCUT2D eigenvalue weighted by molar-refractivity contribution is 9.09. The number of hydrogen-bond donors (Lipinski definition) is 0. The van der Waals surface area contributed by atoms with Crippen LogP contribution in [0.4, 0.5) is 5.69 Å². The normalized spacial score (nSPS) is 21.9. The van der Waals surface area contributed by atoms with Crippen molar-refractivity contribution in [2.24, 2.45) is 0 Å². The van der Waals surface area contributed by atoms with Gasteiger partial charge in [-0.2, -0.15) is 0 Å². The van der Waals surface area contributed by atoms with E-state index in [-0.39, 0.29) is 17.6 Å². The molecule has 5 nitrogen and oxygen atoms in total. The van der Waals surface area contributed by atoms with Crippen molar-refractivity contribution in [3.63, 3.8) is 0 Å². The van der Waals surface area contributed by atoms with Crippen molar-refractivity contribution in [2.75, 3.05) is 7.05 Å². The predicted molar refractivity (Wildman–Crippen MR) is 84.9 cm³/mol. The van der Waals surface area contributed by atoms with Gasteiger partial charge in [0, 0.05) is 35.6 Å². The number of carbonyl (C=O) groups excluding carboxylic acids is 1. The van der Waals surface area contributed by atoms with Crippen LogP contribution in [0.5, 0.6) is 0 Å². The molecule has 1 amide bonds. The summed E-state index contributed by atoms with van der Waals surface area (Å²) in [5, 5.41) is 10.8. The van der Waals surface area contributed by atoms with Gasteiger partial charge in [0.15, 0.2) is 0 Å². The van der Waals surface area contributed by atoms with Crippen LogP contribution in [0.3, 0.4) is 0 Å². The number of amides is 1. The van der Waals surface area contributed by atoms with Crippen LogP contribution in [0, 0.1) is 17.0 Å². The lowest BCUT2D eigenvalue weighted by Gasteiger charge is -2.35. The molecular weight excluding hydrogens is 336 g/mol. The summed E-state index contributed by atoms with van der Waals surface area (Å²) in [6.45, 7) is 1.74. The Morgan fingerprint density at radius 3 is 2.62 bits per heavy atom. The molecule has 1 aromatic rings. The minimum atomic E-state index is -0.444. The third kappa shape index (κ3) is 3.43. The molecule has 0 N–H and O–H groups in total. The second-order valence-corrected chi connectivity index (χ2v) is 6.72. The molecule has 6 heteroatoms. The maximum Gasteiger partial charge on any atom is 0.269 e. The fourth-order valence-corrected chi connectivity index (χ4v) is 3.79. The number of non-ortho nitro benzene ring substituents is 1. The molecular formula is C15H19BrN2O3. The maximum absolute atomic E-state index is 12.6. The van der Waals surface area contributed by atoms with E-state index in [2.05, 4.69) is 15.9 Å². The van der Waals surface area contributed by atoms with Crippen LogP contribution in [0.15, 0.2) is 18.2 Å². The van der Waals surface area contributed by atoms with Gasteiger partial charge >= 0.3 is 0 Å². The third-order valence-electron chi connectivity index (χ3n) is 4.12. The molecule has 2 rings (SSSR count). The zero-order valence-electron chi connectivity index (χ0n) is 12.2. The molecule has 0 aromatic heterocycles. The van der Waals surface area contributed by atoms with Crippen molar-refractivity contribution in [1.82, 2.24) is 4.90 Å². The number of aryl methyl sites for hydroxylation is 1. The van der Waals surface area contributed by atoms with Crippen molar-refractivity contribution in [1.29, 1.82) is 0 Å². The summed E-state index contributed by atoms with van der Waals surface area (Å²) in [5.74, 6) is -0.0706. The number of halogens is 1. The minimum absolute atomic E-state index is 0.0164. The van der Waals surface area contributed by atoms with Crippen molar-refractivity contribution < 1.29 is 9.72 Å². The van der Waals surface area contributed by atoms with Gasteiger partial charge in [0.05, 0.1) is 4.92 Å². The molecule has 0 spiro atoms. The number of nitro benzene ring substituents is 1. The monoisotopic (exact) mass is 354 g/mol. The number of hydrogen-bond acceptors (Lipinski definition) is 3. The third-order valence-corrected chi connectivity index (χ3v) is 5.18. The number of nitro groups is 1. The molecule has 0 heterocycles. The molecule has 1 aliphatic carbocycles. The summed E-state index contributed by atoms with van der Waals surface area (Å²) in [4.78, 5) is 25.0. The van der Waals surface area contributed by atoms with Crippen LogP contribution in [0.1, 0.15) is 41.6 Å². The molecule has 0 saturated heterocycles. The average Bonchev–Trinajstić information content (AvgIpc) is 2.46. The fraction of sp³-hybridized carbons (Fsp3) is 0.533. The number of rotatable bonds is 3. The lowest BCUT2D eigenvalue weighted by Crippen LogP contribution is -2.44. The maximum atomic E-state index is 12.6. The van der Waals surface area contributed by atoms with Crippen molar-refractivity contribution in [3.8, 4) is 0 Å². The van der Waals surface area contributed by atoms with Crippen LogP contribution < -0.4 is 0 Å². The van der Waals surface area contributed by atoms with Crippen molar-refractivity contribution >= 4 is 27.5 Å². The van der Waals surface area contributed by atoms with Crippen LogP contribution >= 0.6 is 15.9 Å². The first-order valence-corrected chi connectivity index (χ1v) is 7.99. The zero-order valence-corrected chi connectivity index (χ0v) is 13.8. The summed E-state index contributed by atoms with van der Waals surface area (Å²) in [6.07, 6.45) is 4.38. The van der Waals surface area contributed by atoms with Gasteiger partial charge in [-0.25, -0.2) is 0 Å². The van der Waals surface area contributed by atoms with E-state index in [0.29, 0.717) is 16.0 Å². The van der Waals surface area contributed by atoms with Gasteiger partial charge in [0.1, 0.15) is 0 Å². The summed E-state index contributed by atoms with van der Waals surface area (Å²) in [5.41, 5.74) is 1.19. The van der Waals surface area contributed by atoms with Gasteiger partial charge in [-0.15, -0.1) is 0 Å². The van der Waals surface area contributed by atoms with E-state index in [0.717, 1.165) is 19.3 Å². The van der Waals surface area contributed by atoms with Crippen molar-refractivity contribution in [2.45, 2.75) is 43.5 Å². The minimum Gasteiger partial charge on any atom is -0.338 e. The van der Waals surface area contributed by atoms with E-state index in [1.807, 2.05) is 7.05 Å². The predicted octanol–water partition coefficient (Wildman–Crippen LogP) is 3.68. The summed E-state index contributed by atoms with van der Waals surface area (Å²) >= 11 is 3.66. The van der Waals surface area contributed by atoms with E-state index in [1.165, 1.54) is 18.6 Å². The van der Waals surface area contributed by atoms with E-state index in [9.17, 15) is 14.9 Å². The summed E-state index contributed by atoms with van der Waals surface area (Å²) in [6, 6.07) is 4.58.